The third kappa shape index (κ3) is 4.18. The van der Waals surface area contributed by atoms with Crippen molar-refractivity contribution in [2.75, 3.05) is 37.7 Å². The van der Waals surface area contributed by atoms with Crippen LogP contribution in [-0.2, 0) is 17.6 Å². The lowest BCUT2D eigenvalue weighted by atomic mass is 9.80. The third-order valence-electron chi connectivity index (χ3n) is 6.89. The summed E-state index contributed by atoms with van der Waals surface area (Å²) in [6.45, 7) is 8.76. The third-order valence-corrected chi connectivity index (χ3v) is 6.89. The maximum atomic E-state index is 12.0. The van der Waals surface area contributed by atoms with E-state index in [1.807, 2.05) is 42.2 Å². The summed E-state index contributed by atoms with van der Waals surface area (Å²) < 4.78 is 5.74. The Morgan fingerprint density at radius 2 is 2.00 bits per heavy atom. The number of aromatic hydroxyl groups is 1. The molecule has 2 heterocycles. The Balaban J connectivity index is 1.47. The Labute approximate surface area is 199 Å². The number of ether oxygens (including phenoxy) is 1. The van der Waals surface area contributed by atoms with Crippen molar-refractivity contribution in [3.63, 3.8) is 0 Å². The number of carbonyl (C=O) groups excluding carboxylic acids is 1. The van der Waals surface area contributed by atoms with E-state index in [2.05, 4.69) is 17.5 Å². The van der Waals surface area contributed by atoms with Gasteiger partial charge in [0.25, 0.3) is 0 Å². The fourth-order valence-electron chi connectivity index (χ4n) is 5.22. The maximum absolute atomic E-state index is 12.0. The first-order chi connectivity index (χ1) is 16.6. The van der Waals surface area contributed by atoms with Gasteiger partial charge in [0.2, 0.25) is 5.91 Å². The molecule has 1 unspecified atom stereocenters. The van der Waals surface area contributed by atoms with E-state index in [1.54, 1.807) is 0 Å². The van der Waals surface area contributed by atoms with Crippen LogP contribution in [0.15, 0.2) is 49.1 Å². The zero-order valence-corrected chi connectivity index (χ0v) is 19.5. The van der Waals surface area contributed by atoms with Crippen molar-refractivity contribution in [1.29, 1.82) is 0 Å². The molecule has 0 radical (unpaired) electrons. The summed E-state index contributed by atoms with van der Waals surface area (Å²) in [7, 11) is 0. The average molecular weight is 459 g/mol. The highest BCUT2D eigenvalue weighted by atomic mass is 16.5. The Kier molecular flexibility index (Phi) is 6.09. The molecule has 2 aromatic carbocycles. The van der Waals surface area contributed by atoms with E-state index in [-0.39, 0.29) is 11.8 Å². The molecule has 1 aliphatic carbocycles. The normalized spacial score (nSPS) is 18.0. The fraction of sp³-hybridized carbons (Fsp3) is 0.370. The zero-order chi connectivity index (χ0) is 23.7. The second-order valence-electron chi connectivity index (χ2n) is 8.90. The number of phenols is 1. The summed E-state index contributed by atoms with van der Waals surface area (Å²) >= 11 is 0. The van der Waals surface area contributed by atoms with Gasteiger partial charge < -0.3 is 19.6 Å². The van der Waals surface area contributed by atoms with Gasteiger partial charge >= 0.3 is 6.01 Å². The maximum Gasteiger partial charge on any atom is 0.318 e. The first kappa shape index (κ1) is 22.2. The minimum absolute atomic E-state index is 0.0273. The lowest BCUT2D eigenvalue weighted by molar-refractivity contribution is -0.126. The Morgan fingerprint density at radius 3 is 2.76 bits per heavy atom. The predicted molar refractivity (Wildman–Crippen MR) is 133 cm³/mol. The van der Waals surface area contributed by atoms with Crippen LogP contribution in [0.2, 0.25) is 0 Å². The molecule has 0 saturated carbocycles. The number of phenolic OH excluding ortho intramolecular Hbond substituents is 1. The molecule has 2 aliphatic rings. The second kappa shape index (κ2) is 9.33. The van der Waals surface area contributed by atoms with E-state index >= 15 is 0 Å². The van der Waals surface area contributed by atoms with Crippen LogP contribution in [0.25, 0.3) is 10.8 Å². The first-order valence-electron chi connectivity index (χ1n) is 12.0. The monoisotopic (exact) mass is 458 g/mol. The van der Waals surface area contributed by atoms with Gasteiger partial charge in [0.1, 0.15) is 11.6 Å². The van der Waals surface area contributed by atoms with Gasteiger partial charge in [-0.2, -0.15) is 9.97 Å². The molecule has 1 amide bonds. The molecule has 0 spiro atoms. The standard InChI is InChI=1S/C27H30N4O3/c1-3-25(33)30-11-13-31(14-12-30)26-22-10-9-19(16-24(22)28-27(29-26)34-4-2)23-17-20(32)15-18-7-5-6-8-21(18)23/h3,5-8,15,17,19,32H,1,4,9-14,16H2,2H3. The van der Waals surface area contributed by atoms with Crippen LogP contribution in [0.1, 0.15) is 36.1 Å². The first-order valence-corrected chi connectivity index (χ1v) is 12.0. The summed E-state index contributed by atoms with van der Waals surface area (Å²) in [6.07, 6.45) is 3.96. The Bertz CT molecular complexity index is 1230. The van der Waals surface area contributed by atoms with Crippen molar-refractivity contribution in [2.45, 2.75) is 32.1 Å². The molecule has 1 aliphatic heterocycles. The van der Waals surface area contributed by atoms with Crippen LogP contribution in [0, 0.1) is 0 Å². The Hall–Kier alpha value is -3.61. The van der Waals surface area contributed by atoms with Crippen LogP contribution >= 0.6 is 0 Å². The minimum atomic E-state index is -0.0273. The molecule has 1 aromatic heterocycles. The summed E-state index contributed by atoms with van der Waals surface area (Å²) in [4.78, 5) is 25.6. The summed E-state index contributed by atoms with van der Waals surface area (Å²) in [5, 5.41) is 12.6. The molecule has 5 rings (SSSR count). The van der Waals surface area contributed by atoms with Gasteiger partial charge in [0.15, 0.2) is 0 Å². The number of anilines is 1. The summed E-state index contributed by atoms with van der Waals surface area (Å²) in [5.74, 6) is 1.45. The summed E-state index contributed by atoms with van der Waals surface area (Å²) in [6, 6.07) is 12.3. The number of hydrogen-bond acceptors (Lipinski definition) is 6. The predicted octanol–water partition coefficient (Wildman–Crippen LogP) is 3.84. The molecular weight excluding hydrogens is 428 g/mol. The largest absolute Gasteiger partial charge is 0.508 e. The number of carbonyl (C=O) groups is 1. The number of hydrogen-bond donors (Lipinski definition) is 1. The average Bonchev–Trinajstić information content (AvgIpc) is 2.87. The number of nitrogens with zero attached hydrogens (tertiary/aromatic N) is 4. The van der Waals surface area contributed by atoms with Crippen molar-refractivity contribution in [1.82, 2.24) is 14.9 Å². The van der Waals surface area contributed by atoms with Crippen molar-refractivity contribution in [3.8, 4) is 11.8 Å². The Morgan fingerprint density at radius 1 is 1.21 bits per heavy atom. The van der Waals surface area contributed by atoms with E-state index < -0.39 is 0 Å². The molecule has 1 atom stereocenters. The van der Waals surface area contributed by atoms with Crippen LogP contribution in [0.5, 0.6) is 11.8 Å². The SMILES string of the molecule is C=CC(=O)N1CCN(c2nc(OCC)nc3c2CCC(c2cc(O)cc4ccccc24)C3)CC1. The van der Waals surface area contributed by atoms with Crippen molar-refractivity contribution in [2.24, 2.45) is 0 Å². The topological polar surface area (TPSA) is 78.8 Å². The molecule has 1 N–H and O–H groups in total. The number of piperazine rings is 1. The number of fused-ring (bicyclic) bond motifs is 2. The molecule has 0 bridgehead atoms. The van der Waals surface area contributed by atoms with Crippen molar-refractivity contribution in [3.05, 3.63) is 65.9 Å². The second-order valence-corrected chi connectivity index (χ2v) is 8.90. The van der Waals surface area contributed by atoms with Gasteiger partial charge in [0.05, 0.1) is 12.3 Å². The number of aromatic nitrogens is 2. The van der Waals surface area contributed by atoms with Gasteiger partial charge in [-0.1, -0.05) is 30.8 Å². The fourth-order valence-corrected chi connectivity index (χ4v) is 5.22. The van der Waals surface area contributed by atoms with Gasteiger partial charge in [0, 0.05) is 31.7 Å². The van der Waals surface area contributed by atoms with Crippen molar-refractivity contribution < 1.29 is 14.6 Å². The molecule has 3 aromatic rings. The van der Waals surface area contributed by atoms with E-state index in [4.69, 9.17) is 14.7 Å². The minimum Gasteiger partial charge on any atom is -0.508 e. The van der Waals surface area contributed by atoms with E-state index in [9.17, 15) is 9.90 Å². The van der Waals surface area contributed by atoms with Gasteiger partial charge in [-0.3, -0.25) is 4.79 Å². The number of rotatable bonds is 5. The van der Waals surface area contributed by atoms with Crippen LogP contribution < -0.4 is 9.64 Å². The van der Waals surface area contributed by atoms with E-state index in [0.29, 0.717) is 31.5 Å². The van der Waals surface area contributed by atoms with Crippen molar-refractivity contribution >= 4 is 22.5 Å². The molecule has 1 saturated heterocycles. The highest BCUT2D eigenvalue weighted by molar-refractivity contribution is 5.88. The quantitative estimate of drug-likeness (QED) is 0.586. The highest BCUT2D eigenvalue weighted by Gasteiger charge is 2.30. The number of amides is 1. The molecular formula is C27H30N4O3. The molecule has 7 nitrogen and oxygen atoms in total. The van der Waals surface area contributed by atoms with Crippen LogP contribution in [-0.4, -0.2) is 58.7 Å². The molecule has 34 heavy (non-hydrogen) atoms. The molecule has 176 valence electrons. The van der Waals surface area contributed by atoms with Gasteiger partial charge in [-0.25, -0.2) is 0 Å². The zero-order valence-electron chi connectivity index (χ0n) is 19.5. The van der Waals surface area contributed by atoms with Crippen LogP contribution in [0.3, 0.4) is 0 Å². The smallest absolute Gasteiger partial charge is 0.318 e. The lowest BCUT2D eigenvalue weighted by Gasteiger charge is -2.37. The highest BCUT2D eigenvalue weighted by Crippen LogP contribution is 2.40. The van der Waals surface area contributed by atoms with Crippen LogP contribution in [0.4, 0.5) is 5.82 Å². The van der Waals surface area contributed by atoms with Gasteiger partial charge in [-0.05, 0) is 66.6 Å². The van der Waals surface area contributed by atoms with Gasteiger partial charge in [-0.15, -0.1) is 0 Å². The summed E-state index contributed by atoms with van der Waals surface area (Å²) in [5.41, 5.74) is 3.35. The van der Waals surface area contributed by atoms with E-state index in [1.165, 1.54) is 17.0 Å². The van der Waals surface area contributed by atoms with E-state index in [0.717, 1.165) is 54.8 Å². The lowest BCUT2D eigenvalue weighted by Crippen LogP contribution is -2.49. The molecule has 1 fully saturated rings. The molecule has 7 heteroatoms. The number of benzene rings is 2.